The number of hydrogen-bond acceptors (Lipinski definition) is 2. The van der Waals surface area contributed by atoms with Crippen LogP contribution in [0.4, 0.5) is 0 Å². The van der Waals surface area contributed by atoms with Gasteiger partial charge in [0.25, 0.3) is 0 Å². The zero-order valence-electron chi connectivity index (χ0n) is 7.91. The SMILES string of the molecule is O=C(O)c1ccc(I)c(OC/C(Cl)=C/Cl)c1. The molecule has 0 saturated carbocycles. The largest absolute Gasteiger partial charge is 0.487 e. The van der Waals surface area contributed by atoms with Gasteiger partial charge in [0.2, 0.25) is 0 Å². The van der Waals surface area contributed by atoms with Gasteiger partial charge in [-0.1, -0.05) is 23.2 Å². The lowest BCUT2D eigenvalue weighted by Crippen LogP contribution is -2.02. The Morgan fingerprint density at radius 1 is 1.56 bits per heavy atom. The lowest BCUT2D eigenvalue weighted by Gasteiger charge is -2.08. The first-order chi connectivity index (χ1) is 7.54. The van der Waals surface area contributed by atoms with Crippen molar-refractivity contribution in [3.63, 3.8) is 0 Å². The van der Waals surface area contributed by atoms with Gasteiger partial charge in [-0.3, -0.25) is 0 Å². The number of carboxylic acid groups (broad SMARTS) is 1. The molecule has 0 aliphatic heterocycles. The predicted molar refractivity (Wildman–Crippen MR) is 71.4 cm³/mol. The van der Waals surface area contributed by atoms with Gasteiger partial charge in [0.15, 0.2) is 0 Å². The summed E-state index contributed by atoms with van der Waals surface area (Å²) in [5.41, 5.74) is 1.37. The van der Waals surface area contributed by atoms with Crippen LogP contribution in [0, 0.1) is 3.57 Å². The number of benzene rings is 1. The summed E-state index contributed by atoms with van der Waals surface area (Å²) < 4.78 is 6.13. The number of aromatic carboxylic acids is 1. The van der Waals surface area contributed by atoms with E-state index in [1.165, 1.54) is 17.7 Å². The Bertz CT molecular complexity index is 432. The lowest BCUT2D eigenvalue weighted by molar-refractivity contribution is 0.0696. The van der Waals surface area contributed by atoms with Crippen molar-refractivity contribution in [1.82, 2.24) is 0 Å². The molecule has 6 heteroatoms. The first-order valence-corrected chi connectivity index (χ1v) is 6.04. The average Bonchev–Trinajstić information content (AvgIpc) is 2.27. The highest BCUT2D eigenvalue weighted by atomic mass is 127. The molecule has 0 radical (unpaired) electrons. The summed E-state index contributed by atoms with van der Waals surface area (Å²) in [6.45, 7) is 0.115. The maximum Gasteiger partial charge on any atom is 0.335 e. The number of hydrogen-bond donors (Lipinski definition) is 1. The van der Waals surface area contributed by atoms with Crippen molar-refractivity contribution in [2.75, 3.05) is 6.61 Å². The third-order valence-electron chi connectivity index (χ3n) is 1.66. The van der Waals surface area contributed by atoms with Crippen LogP contribution >= 0.6 is 45.8 Å². The third-order valence-corrected chi connectivity index (χ3v) is 3.15. The molecule has 0 bridgehead atoms. The zero-order valence-corrected chi connectivity index (χ0v) is 11.6. The van der Waals surface area contributed by atoms with E-state index in [-0.39, 0.29) is 12.2 Å². The monoisotopic (exact) mass is 372 g/mol. The Balaban J connectivity index is 2.86. The van der Waals surface area contributed by atoms with Crippen molar-refractivity contribution in [3.05, 3.63) is 37.9 Å². The van der Waals surface area contributed by atoms with Gasteiger partial charge in [0.05, 0.1) is 14.2 Å². The molecule has 0 spiro atoms. The molecule has 0 unspecified atom stereocenters. The number of rotatable bonds is 4. The first-order valence-electron chi connectivity index (χ1n) is 4.15. The minimum absolute atomic E-state index is 0.115. The molecule has 0 aliphatic rings. The fourth-order valence-electron chi connectivity index (χ4n) is 0.925. The molecule has 0 aliphatic carbocycles. The molecule has 0 aromatic heterocycles. The molecule has 1 N–H and O–H groups in total. The van der Waals surface area contributed by atoms with Gasteiger partial charge < -0.3 is 9.84 Å². The van der Waals surface area contributed by atoms with Crippen LogP contribution in [0.3, 0.4) is 0 Å². The Kier molecular flexibility index (Phi) is 5.37. The van der Waals surface area contributed by atoms with Crippen molar-refractivity contribution in [3.8, 4) is 5.75 Å². The smallest absolute Gasteiger partial charge is 0.335 e. The van der Waals surface area contributed by atoms with Crippen molar-refractivity contribution in [1.29, 1.82) is 0 Å². The van der Waals surface area contributed by atoms with E-state index in [0.29, 0.717) is 10.8 Å². The minimum Gasteiger partial charge on any atom is -0.487 e. The molecular weight excluding hydrogens is 366 g/mol. The van der Waals surface area contributed by atoms with E-state index in [9.17, 15) is 4.79 Å². The quantitative estimate of drug-likeness (QED) is 0.820. The average molecular weight is 373 g/mol. The van der Waals surface area contributed by atoms with Crippen LogP contribution < -0.4 is 4.74 Å². The Labute approximate surface area is 116 Å². The van der Waals surface area contributed by atoms with E-state index >= 15 is 0 Å². The summed E-state index contributed by atoms with van der Waals surface area (Å²) in [7, 11) is 0. The molecule has 0 saturated heterocycles. The number of ether oxygens (including phenoxy) is 1. The normalized spacial score (nSPS) is 11.3. The molecule has 1 rings (SSSR count). The molecule has 0 heterocycles. The van der Waals surface area contributed by atoms with E-state index in [1.807, 2.05) is 22.6 Å². The lowest BCUT2D eigenvalue weighted by atomic mass is 10.2. The molecule has 16 heavy (non-hydrogen) atoms. The molecule has 0 fully saturated rings. The van der Waals surface area contributed by atoms with Crippen LogP contribution in [0.1, 0.15) is 10.4 Å². The highest BCUT2D eigenvalue weighted by Gasteiger charge is 2.08. The Morgan fingerprint density at radius 3 is 2.81 bits per heavy atom. The standard InChI is InChI=1S/C10H7Cl2IO3/c11-4-7(12)5-16-9-3-6(10(14)15)1-2-8(9)13/h1-4H,5H2,(H,14,15)/b7-4-. The van der Waals surface area contributed by atoms with Crippen LogP contribution in [-0.2, 0) is 0 Å². The van der Waals surface area contributed by atoms with E-state index in [0.717, 1.165) is 3.57 Å². The molecular formula is C10H7Cl2IO3. The van der Waals surface area contributed by atoms with Crippen LogP contribution in [0.5, 0.6) is 5.75 Å². The van der Waals surface area contributed by atoms with Gasteiger partial charge in [-0.05, 0) is 40.8 Å². The molecule has 1 aromatic carbocycles. The van der Waals surface area contributed by atoms with Crippen molar-refractivity contribution in [2.24, 2.45) is 0 Å². The molecule has 3 nitrogen and oxygen atoms in total. The molecule has 1 aromatic rings. The maximum absolute atomic E-state index is 10.7. The topological polar surface area (TPSA) is 46.5 Å². The molecule has 86 valence electrons. The van der Waals surface area contributed by atoms with E-state index in [2.05, 4.69) is 0 Å². The number of halogens is 3. The van der Waals surface area contributed by atoms with Crippen LogP contribution in [0.15, 0.2) is 28.8 Å². The summed E-state index contributed by atoms with van der Waals surface area (Å²) in [5.74, 6) is -0.530. The predicted octanol–water partition coefficient (Wildman–Crippen LogP) is 3.69. The summed E-state index contributed by atoms with van der Waals surface area (Å²) in [6, 6.07) is 4.62. The second-order valence-corrected chi connectivity index (χ2v) is 4.66. The fraction of sp³-hybridized carbons (Fsp3) is 0.100. The van der Waals surface area contributed by atoms with Crippen molar-refractivity contribution in [2.45, 2.75) is 0 Å². The zero-order chi connectivity index (χ0) is 12.1. The third kappa shape index (κ3) is 3.84. The molecule has 0 amide bonds. The maximum atomic E-state index is 10.7. The van der Waals surface area contributed by atoms with Gasteiger partial charge in [-0.25, -0.2) is 4.79 Å². The van der Waals surface area contributed by atoms with E-state index in [4.69, 9.17) is 33.0 Å². The summed E-state index contributed by atoms with van der Waals surface area (Å²) in [6.07, 6.45) is 0. The van der Waals surface area contributed by atoms with Crippen molar-refractivity contribution >= 4 is 51.8 Å². The molecule has 0 atom stereocenters. The second kappa shape index (κ2) is 6.32. The van der Waals surface area contributed by atoms with Gasteiger partial charge in [-0.15, -0.1) is 0 Å². The first kappa shape index (κ1) is 13.6. The van der Waals surface area contributed by atoms with Gasteiger partial charge >= 0.3 is 5.97 Å². The second-order valence-electron chi connectivity index (χ2n) is 2.80. The van der Waals surface area contributed by atoms with Gasteiger partial charge in [0, 0.05) is 5.54 Å². The van der Waals surface area contributed by atoms with E-state index < -0.39 is 5.97 Å². The van der Waals surface area contributed by atoms with E-state index in [1.54, 1.807) is 6.07 Å². The summed E-state index contributed by atoms with van der Waals surface area (Å²) in [4.78, 5) is 10.7. The highest BCUT2D eigenvalue weighted by Crippen LogP contribution is 2.23. The van der Waals surface area contributed by atoms with Gasteiger partial charge in [0.1, 0.15) is 12.4 Å². The van der Waals surface area contributed by atoms with Crippen LogP contribution in [0.2, 0.25) is 0 Å². The highest BCUT2D eigenvalue weighted by molar-refractivity contribution is 14.1. The van der Waals surface area contributed by atoms with Crippen LogP contribution in [-0.4, -0.2) is 17.7 Å². The summed E-state index contributed by atoms with van der Waals surface area (Å²) in [5, 5.41) is 9.15. The Morgan fingerprint density at radius 2 is 2.25 bits per heavy atom. The van der Waals surface area contributed by atoms with Crippen LogP contribution in [0.25, 0.3) is 0 Å². The number of carbonyl (C=O) groups is 1. The minimum atomic E-state index is -1.000. The van der Waals surface area contributed by atoms with Crippen molar-refractivity contribution < 1.29 is 14.6 Å². The fourth-order valence-corrected chi connectivity index (χ4v) is 1.53. The summed E-state index contributed by atoms with van der Waals surface area (Å²) >= 11 is 13.1. The number of carboxylic acids is 1. The van der Waals surface area contributed by atoms with Gasteiger partial charge in [-0.2, -0.15) is 0 Å². The Hall–Kier alpha value is -0.460.